The number of hydrogen-bond donors (Lipinski definition) is 0. The van der Waals surface area contributed by atoms with E-state index in [1.165, 1.54) is 6.07 Å². The molecule has 0 spiro atoms. The van der Waals surface area contributed by atoms with Crippen LogP contribution in [0, 0.1) is 5.82 Å². The average molecular weight is 419 g/mol. The van der Waals surface area contributed by atoms with Crippen molar-refractivity contribution in [3.63, 3.8) is 0 Å². The largest absolute Gasteiger partial charge is 0.326 e. The molecule has 1 atom stereocenters. The SMILES string of the molecule is O=C(CCc1ccc(F)c(Cl)c1)N1CCSC1c1ccc(Cl)cc1Cl. The second-order valence-corrected chi connectivity index (χ2v) is 8.16. The van der Waals surface area contributed by atoms with Crippen molar-refractivity contribution in [2.75, 3.05) is 12.3 Å². The Morgan fingerprint density at radius 2 is 1.96 bits per heavy atom. The first-order valence-corrected chi connectivity index (χ1v) is 9.94. The molecule has 2 nitrogen and oxygen atoms in total. The summed E-state index contributed by atoms with van der Waals surface area (Å²) in [5.74, 6) is 0.448. The van der Waals surface area contributed by atoms with Gasteiger partial charge >= 0.3 is 0 Å². The molecule has 1 fully saturated rings. The standard InChI is InChI=1S/C18H15Cl3FNOS/c19-12-3-4-13(14(20)10-12)18-23(7-8-25-18)17(24)6-2-11-1-5-16(22)15(21)9-11/h1,3-5,9-10,18H,2,6-8H2. The minimum atomic E-state index is -0.454. The van der Waals surface area contributed by atoms with Crippen LogP contribution in [0.15, 0.2) is 36.4 Å². The van der Waals surface area contributed by atoms with Crippen LogP contribution in [-0.2, 0) is 11.2 Å². The van der Waals surface area contributed by atoms with Crippen LogP contribution in [0.2, 0.25) is 15.1 Å². The van der Waals surface area contributed by atoms with Crippen LogP contribution in [0.3, 0.4) is 0 Å². The summed E-state index contributed by atoms with van der Waals surface area (Å²) in [5.41, 5.74) is 1.74. The highest BCUT2D eigenvalue weighted by Crippen LogP contribution is 2.41. The molecule has 1 amide bonds. The Morgan fingerprint density at radius 3 is 2.68 bits per heavy atom. The third-order valence-electron chi connectivity index (χ3n) is 4.05. The minimum Gasteiger partial charge on any atom is -0.326 e. The van der Waals surface area contributed by atoms with Crippen LogP contribution in [0.5, 0.6) is 0 Å². The number of carbonyl (C=O) groups excluding carboxylic acids is 1. The average Bonchev–Trinajstić information content (AvgIpc) is 3.05. The number of rotatable bonds is 4. The Morgan fingerprint density at radius 1 is 1.16 bits per heavy atom. The fourth-order valence-corrected chi connectivity index (χ4v) is 4.87. The summed E-state index contributed by atoms with van der Waals surface area (Å²) in [7, 11) is 0. The Hall–Kier alpha value is -0.940. The molecule has 0 saturated carbocycles. The molecule has 1 aliphatic rings. The molecular weight excluding hydrogens is 404 g/mol. The first-order valence-electron chi connectivity index (χ1n) is 7.75. The van der Waals surface area contributed by atoms with Gasteiger partial charge in [-0.05, 0) is 36.2 Å². The lowest BCUT2D eigenvalue weighted by Crippen LogP contribution is -2.30. The molecule has 1 aliphatic heterocycles. The molecule has 1 saturated heterocycles. The smallest absolute Gasteiger partial charge is 0.224 e. The van der Waals surface area contributed by atoms with Crippen molar-refractivity contribution in [2.45, 2.75) is 18.2 Å². The maximum absolute atomic E-state index is 13.2. The van der Waals surface area contributed by atoms with Crippen molar-refractivity contribution in [2.24, 2.45) is 0 Å². The topological polar surface area (TPSA) is 20.3 Å². The number of amides is 1. The highest BCUT2D eigenvalue weighted by atomic mass is 35.5. The van der Waals surface area contributed by atoms with Gasteiger partial charge in [0.15, 0.2) is 0 Å². The third-order valence-corrected chi connectivity index (χ3v) is 6.15. The van der Waals surface area contributed by atoms with Gasteiger partial charge in [-0.15, -0.1) is 11.8 Å². The van der Waals surface area contributed by atoms with Gasteiger partial charge in [0.1, 0.15) is 11.2 Å². The quantitative estimate of drug-likeness (QED) is 0.607. The lowest BCUT2D eigenvalue weighted by molar-refractivity contribution is -0.131. The fourth-order valence-electron chi connectivity index (χ4n) is 2.77. The molecule has 1 heterocycles. The molecule has 25 heavy (non-hydrogen) atoms. The van der Waals surface area contributed by atoms with E-state index in [1.54, 1.807) is 36.0 Å². The number of aryl methyl sites for hydroxylation is 1. The summed E-state index contributed by atoms with van der Waals surface area (Å²) in [6, 6.07) is 9.89. The third kappa shape index (κ3) is 4.43. The van der Waals surface area contributed by atoms with Crippen molar-refractivity contribution < 1.29 is 9.18 Å². The van der Waals surface area contributed by atoms with E-state index in [0.717, 1.165) is 16.9 Å². The zero-order valence-electron chi connectivity index (χ0n) is 13.1. The summed E-state index contributed by atoms with van der Waals surface area (Å²) in [5, 5.41) is 1.11. The molecule has 0 bridgehead atoms. The molecule has 2 aromatic rings. The van der Waals surface area contributed by atoms with Crippen molar-refractivity contribution in [3.8, 4) is 0 Å². The molecule has 7 heteroatoms. The molecule has 0 aromatic heterocycles. The number of benzene rings is 2. The second kappa shape index (κ2) is 8.17. The zero-order valence-corrected chi connectivity index (χ0v) is 16.2. The van der Waals surface area contributed by atoms with Crippen LogP contribution in [0.1, 0.15) is 22.9 Å². The van der Waals surface area contributed by atoms with Crippen LogP contribution < -0.4 is 0 Å². The van der Waals surface area contributed by atoms with Crippen molar-refractivity contribution in [3.05, 3.63) is 68.4 Å². The van der Waals surface area contributed by atoms with Gasteiger partial charge in [-0.25, -0.2) is 4.39 Å². The van der Waals surface area contributed by atoms with Crippen molar-refractivity contribution in [1.29, 1.82) is 0 Å². The molecule has 0 radical (unpaired) electrons. The maximum atomic E-state index is 13.2. The maximum Gasteiger partial charge on any atom is 0.224 e. The molecule has 0 aliphatic carbocycles. The van der Waals surface area contributed by atoms with Crippen LogP contribution in [-0.4, -0.2) is 23.1 Å². The van der Waals surface area contributed by atoms with E-state index in [-0.39, 0.29) is 16.3 Å². The summed E-state index contributed by atoms with van der Waals surface area (Å²) >= 11 is 19.7. The molecule has 3 rings (SSSR count). The Balaban J connectivity index is 1.69. The van der Waals surface area contributed by atoms with E-state index in [9.17, 15) is 9.18 Å². The van der Waals surface area contributed by atoms with Gasteiger partial charge in [0.2, 0.25) is 5.91 Å². The monoisotopic (exact) mass is 417 g/mol. The zero-order chi connectivity index (χ0) is 18.0. The number of halogens is 4. The Kier molecular flexibility index (Phi) is 6.16. The highest BCUT2D eigenvalue weighted by molar-refractivity contribution is 7.99. The second-order valence-electron chi connectivity index (χ2n) is 5.72. The van der Waals surface area contributed by atoms with Gasteiger partial charge in [-0.1, -0.05) is 46.9 Å². The fraction of sp³-hybridized carbons (Fsp3) is 0.278. The highest BCUT2D eigenvalue weighted by Gasteiger charge is 2.31. The van der Waals surface area contributed by atoms with Crippen LogP contribution in [0.4, 0.5) is 4.39 Å². The first-order chi connectivity index (χ1) is 12.0. The lowest BCUT2D eigenvalue weighted by atomic mass is 10.1. The number of nitrogens with zero attached hydrogens (tertiary/aromatic N) is 1. The van der Waals surface area contributed by atoms with E-state index in [4.69, 9.17) is 34.8 Å². The van der Waals surface area contributed by atoms with E-state index >= 15 is 0 Å². The Bertz CT molecular complexity index is 802. The van der Waals surface area contributed by atoms with E-state index < -0.39 is 5.82 Å². The van der Waals surface area contributed by atoms with Gasteiger partial charge in [0, 0.05) is 34.3 Å². The van der Waals surface area contributed by atoms with Gasteiger partial charge in [0.05, 0.1) is 5.02 Å². The molecule has 2 aromatic carbocycles. The number of carbonyl (C=O) groups is 1. The number of hydrogen-bond acceptors (Lipinski definition) is 2. The Labute approximate surface area is 165 Å². The summed E-state index contributed by atoms with van der Waals surface area (Å²) in [6.07, 6.45) is 0.852. The van der Waals surface area contributed by atoms with Crippen LogP contribution in [0.25, 0.3) is 0 Å². The number of thioether (sulfide) groups is 1. The van der Waals surface area contributed by atoms with Crippen molar-refractivity contribution in [1.82, 2.24) is 4.90 Å². The van der Waals surface area contributed by atoms with E-state index in [1.807, 2.05) is 11.0 Å². The molecular formula is C18H15Cl3FNOS. The minimum absolute atomic E-state index is 0.0430. The van der Waals surface area contributed by atoms with Gasteiger partial charge in [-0.2, -0.15) is 0 Å². The van der Waals surface area contributed by atoms with E-state index in [0.29, 0.717) is 29.4 Å². The van der Waals surface area contributed by atoms with Crippen molar-refractivity contribution >= 4 is 52.5 Å². The predicted octanol–water partition coefficient (Wildman–Crippen LogP) is 5.99. The molecule has 132 valence electrons. The van der Waals surface area contributed by atoms with Gasteiger partial charge in [-0.3, -0.25) is 4.79 Å². The molecule has 0 N–H and O–H groups in total. The molecule has 1 unspecified atom stereocenters. The summed E-state index contributed by atoms with van der Waals surface area (Å²) in [6.45, 7) is 0.678. The lowest BCUT2D eigenvalue weighted by Gasteiger charge is -2.25. The first kappa shape index (κ1) is 18.8. The predicted molar refractivity (Wildman–Crippen MR) is 103 cm³/mol. The summed E-state index contributed by atoms with van der Waals surface area (Å²) in [4.78, 5) is 14.5. The van der Waals surface area contributed by atoms with E-state index in [2.05, 4.69) is 0 Å². The van der Waals surface area contributed by atoms with Gasteiger partial charge in [0.25, 0.3) is 0 Å². The normalized spacial score (nSPS) is 17.1. The van der Waals surface area contributed by atoms with Gasteiger partial charge < -0.3 is 4.90 Å². The summed E-state index contributed by atoms with van der Waals surface area (Å²) < 4.78 is 13.2. The van der Waals surface area contributed by atoms with Crippen LogP contribution >= 0.6 is 46.6 Å².